The van der Waals surface area contributed by atoms with Crippen molar-refractivity contribution in [2.24, 2.45) is 0 Å². The first kappa shape index (κ1) is 11.3. The fraction of sp³-hybridized carbons (Fsp3) is 0.0526. The highest BCUT2D eigenvalue weighted by atomic mass is 14.9. The van der Waals surface area contributed by atoms with Gasteiger partial charge in [-0.3, -0.25) is 0 Å². The van der Waals surface area contributed by atoms with Gasteiger partial charge in [-0.2, -0.15) is 0 Å². The van der Waals surface area contributed by atoms with Crippen molar-refractivity contribution in [2.45, 2.75) is 6.92 Å². The van der Waals surface area contributed by atoms with Gasteiger partial charge in [0, 0.05) is 27.2 Å². The lowest BCUT2D eigenvalue weighted by Crippen LogP contribution is -2.13. The molecular formula is C19H15N. The van der Waals surface area contributed by atoms with Crippen LogP contribution < -0.4 is 5.35 Å². The van der Waals surface area contributed by atoms with Gasteiger partial charge in [-0.1, -0.05) is 55.6 Å². The number of para-hydroxylation sites is 1. The average Bonchev–Trinajstić information content (AvgIpc) is 2.78. The van der Waals surface area contributed by atoms with Gasteiger partial charge in [0.1, 0.15) is 0 Å². The van der Waals surface area contributed by atoms with Gasteiger partial charge >= 0.3 is 0 Å². The van der Waals surface area contributed by atoms with Gasteiger partial charge in [0.15, 0.2) is 0 Å². The maximum absolute atomic E-state index is 4.32. The average molecular weight is 257 g/mol. The molecule has 0 N–H and O–H groups in total. The van der Waals surface area contributed by atoms with Crippen LogP contribution in [0.5, 0.6) is 0 Å². The highest BCUT2D eigenvalue weighted by Crippen LogP contribution is 2.32. The molecule has 0 aliphatic heterocycles. The van der Waals surface area contributed by atoms with Crippen molar-refractivity contribution in [1.82, 2.24) is 4.40 Å². The smallest absolute Gasteiger partial charge is 0.0616 e. The molecular weight excluding hydrogens is 242 g/mol. The van der Waals surface area contributed by atoms with Crippen LogP contribution in [0.25, 0.3) is 39.7 Å². The number of nitrogens with zero attached hydrogens (tertiary/aromatic N) is 1. The summed E-state index contributed by atoms with van der Waals surface area (Å²) in [5.74, 6) is 0. The highest BCUT2D eigenvalue weighted by Gasteiger charge is 2.14. The third-order valence-corrected chi connectivity index (χ3v) is 4.28. The van der Waals surface area contributed by atoms with Gasteiger partial charge < -0.3 is 4.40 Å². The molecule has 2 aromatic carbocycles. The minimum Gasteiger partial charge on any atom is -0.309 e. The van der Waals surface area contributed by atoms with E-state index in [4.69, 9.17) is 0 Å². The van der Waals surface area contributed by atoms with Gasteiger partial charge in [0.05, 0.1) is 5.52 Å². The van der Waals surface area contributed by atoms with Gasteiger partial charge in [0.25, 0.3) is 0 Å². The molecule has 0 unspecified atom stereocenters. The Kier molecular flexibility index (Phi) is 2.11. The maximum atomic E-state index is 4.32. The van der Waals surface area contributed by atoms with Crippen LogP contribution >= 0.6 is 0 Å². The maximum Gasteiger partial charge on any atom is 0.0616 e. The van der Waals surface area contributed by atoms with E-state index in [0.29, 0.717) is 0 Å². The number of rotatable bonds is 1. The summed E-state index contributed by atoms with van der Waals surface area (Å²) in [6.07, 6.45) is 1.93. The number of fused-ring (bicyclic) bond motifs is 2. The summed E-state index contributed by atoms with van der Waals surface area (Å²) >= 11 is 0. The second kappa shape index (κ2) is 3.73. The van der Waals surface area contributed by atoms with Gasteiger partial charge in [-0.25, -0.2) is 0 Å². The van der Waals surface area contributed by atoms with Crippen molar-refractivity contribution >= 4 is 39.7 Å². The van der Waals surface area contributed by atoms with Crippen LogP contribution in [0.3, 0.4) is 0 Å². The summed E-state index contributed by atoms with van der Waals surface area (Å²) in [5, 5.41) is 6.07. The van der Waals surface area contributed by atoms with Gasteiger partial charge in [0.2, 0.25) is 0 Å². The van der Waals surface area contributed by atoms with Crippen LogP contribution in [-0.2, 0) is 0 Å². The lowest BCUT2D eigenvalue weighted by Gasteiger charge is -2.08. The van der Waals surface area contributed by atoms with Crippen LogP contribution in [-0.4, -0.2) is 4.40 Å². The molecule has 0 aliphatic carbocycles. The number of aromatic nitrogens is 1. The molecule has 0 fully saturated rings. The zero-order chi connectivity index (χ0) is 13.9. The molecule has 4 rings (SSSR count). The summed E-state index contributed by atoms with van der Waals surface area (Å²) in [6, 6.07) is 15.0. The minimum atomic E-state index is 1.03. The van der Waals surface area contributed by atoms with E-state index in [-0.39, 0.29) is 0 Å². The monoisotopic (exact) mass is 257 g/mol. The molecule has 20 heavy (non-hydrogen) atoms. The molecule has 0 aliphatic rings. The van der Waals surface area contributed by atoms with Gasteiger partial charge in [-0.05, 0) is 23.9 Å². The fourth-order valence-electron chi connectivity index (χ4n) is 3.35. The minimum absolute atomic E-state index is 1.03. The van der Waals surface area contributed by atoms with E-state index in [1.165, 1.54) is 32.6 Å². The van der Waals surface area contributed by atoms with E-state index in [1.807, 2.05) is 6.08 Å². The van der Waals surface area contributed by atoms with Crippen molar-refractivity contribution in [3.05, 3.63) is 65.7 Å². The number of hydrogen-bond acceptors (Lipinski definition) is 0. The molecule has 0 saturated heterocycles. The first-order valence-electron chi connectivity index (χ1n) is 6.79. The van der Waals surface area contributed by atoms with E-state index in [9.17, 15) is 0 Å². The first-order valence-corrected chi connectivity index (χ1v) is 6.79. The molecule has 0 bridgehead atoms. The van der Waals surface area contributed by atoms with Crippen molar-refractivity contribution in [3.63, 3.8) is 0 Å². The fourth-order valence-corrected chi connectivity index (χ4v) is 3.35. The van der Waals surface area contributed by atoms with Crippen LogP contribution in [0.4, 0.5) is 0 Å². The van der Waals surface area contributed by atoms with E-state index < -0.39 is 0 Å². The Hall–Kier alpha value is -2.54. The Morgan fingerprint density at radius 3 is 2.30 bits per heavy atom. The second-order valence-corrected chi connectivity index (χ2v) is 5.24. The second-order valence-electron chi connectivity index (χ2n) is 5.24. The van der Waals surface area contributed by atoms with Crippen LogP contribution in [0.15, 0.2) is 49.0 Å². The van der Waals surface area contributed by atoms with E-state index in [0.717, 1.165) is 11.0 Å². The van der Waals surface area contributed by atoms with Crippen LogP contribution in [0.1, 0.15) is 11.3 Å². The molecule has 2 aromatic heterocycles. The largest absolute Gasteiger partial charge is 0.309 e. The lowest BCUT2D eigenvalue weighted by molar-refractivity contribution is 1.14. The first-order chi connectivity index (χ1) is 9.74. The molecule has 0 atom stereocenters. The predicted molar refractivity (Wildman–Crippen MR) is 88.0 cm³/mol. The molecule has 0 saturated carbocycles. The molecule has 0 amide bonds. The molecule has 1 nitrogen and oxygen atoms in total. The molecule has 0 spiro atoms. The van der Waals surface area contributed by atoms with Crippen molar-refractivity contribution in [2.75, 3.05) is 0 Å². The predicted octanol–water partition coefficient (Wildman–Crippen LogP) is 4.33. The van der Waals surface area contributed by atoms with Crippen LogP contribution in [0.2, 0.25) is 0 Å². The Morgan fingerprint density at radius 2 is 1.55 bits per heavy atom. The van der Waals surface area contributed by atoms with Crippen molar-refractivity contribution in [1.29, 1.82) is 0 Å². The van der Waals surface area contributed by atoms with Crippen LogP contribution in [0, 0.1) is 6.92 Å². The molecule has 4 aromatic rings. The summed E-state index contributed by atoms with van der Waals surface area (Å²) in [6.45, 7) is 10.5. The normalized spacial score (nSPS) is 11.7. The standard InChI is InChI=1S/C19H15N/c1-4-18-12(2)14-10-7-11-17-16-9-6-5-8-15(16)13(3)20(18)19(14)17/h4-11H,1,3H2,2H3. The Bertz CT molecular complexity index is 1030. The molecule has 1 heteroatoms. The number of pyridine rings is 1. The summed E-state index contributed by atoms with van der Waals surface area (Å²) in [5.41, 5.74) is 3.67. The third-order valence-electron chi connectivity index (χ3n) is 4.28. The van der Waals surface area contributed by atoms with Crippen molar-refractivity contribution < 1.29 is 0 Å². The Balaban J connectivity index is 2.53. The third kappa shape index (κ3) is 1.17. The zero-order valence-electron chi connectivity index (χ0n) is 11.5. The zero-order valence-corrected chi connectivity index (χ0v) is 11.5. The summed E-state index contributed by atoms with van der Waals surface area (Å²) < 4.78 is 2.25. The van der Waals surface area contributed by atoms with E-state index in [1.54, 1.807) is 0 Å². The van der Waals surface area contributed by atoms with Crippen molar-refractivity contribution in [3.8, 4) is 0 Å². The molecule has 2 heterocycles. The number of benzene rings is 2. The molecule has 96 valence electrons. The van der Waals surface area contributed by atoms with E-state index in [2.05, 4.69) is 66.9 Å². The Labute approximate surface area is 117 Å². The van der Waals surface area contributed by atoms with E-state index >= 15 is 0 Å². The summed E-state index contributed by atoms with van der Waals surface area (Å²) in [7, 11) is 0. The lowest BCUT2D eigenvalue weighted by atomic mass is 10.0. The summed E-state index contributed by atoms with van der Waals surface area (Å²) in [4.78, 5) is 0. The SMILES string of the molecule is C=Cc1c(C)c2cccc3c4ccccc4c(=C)n1c23. The highest BCUT2D eigenvalue weighted by molar-refractivity contribution is 6.13. The molecule has 0 radical (unpaired) electrons. The quantitative estimate of drug-likeness (QED) is 0.447. The topological polar surface area (TPSA) is 4.41 Å². The number of aryl methyl sites for hydroxylation is 1. The van der Waals surface area contributed by atoms with Gasteiger partial charge in [-0.15, -0.1) is 0 Å². The number of hydrogen-bond donors (Lipinski definition) is 0. The Morgan fingerprint density at radius 1 is 0.900 bits per heavy atom.